The summed E-state index contributed by atoms with van der Waals surface area (Å²) in [6.45, 7) is 1.04. The smallest absolute Gasteiger partial charge is 0.317 e. The van der Waals surface area contributed by atoms with Gasteiger partial charge in [0.15, 0.2) is 0 Å². The molecule has 0 aromatic heterocycles. The van der Waals surface area contributed by atoms with Crippen molar-refractivity contribution in [2.24, 2.45) is 0 Å². The van der Waals surface area contributed by atoms with E-state index < -0.39 is 11.4 Å². The number of amides is 2. The van der Waals surface area contributed by atoms with Gasteiger partial charge in [0.25, 0.3) is 5.91 Å². The number of hydrogen-bond acceptors (Lipinski definition) is 4. The van der Waals surface area contributed by atoms with Crippen molar-refractivity contribution in [1.82, 2.24) is 9.80 Å². The van der Waals surface area contributed by atoms with Crippen molar-refractivity contribution in [2.75, 3.05) is 0 Å². The molecule has 1 unspecified atom stereocenters. The molecule has 38 heavy (non-hydrogen) atoms. The minimum Gasteiger partial charge on any atom is -0.332 e. The Morgan fingerprint density at radius 3 is 1.37 bits per heavy atom. The molecule has 0 aliphatic rings. The largest absolute Gasteiger partial charge is 0.332 e. The molecule has 0 saturated heterocycles. The third kappa shape index (κ3) is 8.27. The molecule has 192 valence electrons. The molecule has 0 spiro atoms. The number of halogens is 1. The number of nitrogens with one attached hydrogen (secondary N) is 1. The van der Waals surface area contributed by atoms with Crippen LogP contribution in [-0.4, -0.2) is 27.2 Å². The minimum absolute atomic E-state index is 0.186. The van der Waals surface area contributed by atoms with Gasteiger partial charge in [-0.2, -0.15) is 0 Å². The Hall–Kier alpha value is -4.51. The van der Waals surface area contributed by atoms with E-state index in [4.69, 9.17) is 21.8 Å². The molecule has 0 aliphatic carbocycles. The van der Waals surface area contributed by atoms with E-state index in [1.54, 1.807) is 4.90 Å². The van der Waals surface area contributed by atoms with Crippen LogP contribution in [0.4, 0.5) is 4.79 Å². The molecule has 4 aromatic carbocycles. The van der Waals surface area contributed by atoms with Crippen molar-refractivity contribution in [3.05, 3.63) is 144 Å². The maximum Gasteiger partial charge on any atom is 0.317 e. The highest BCUT2D eigenvalue weighted by Gasteiger charge is 2.34. The van der Waals surface area contributed by atoms with E-state index >= 15 is 0 Å². The molecule has 2 amide bonds. The molecule has 4 aromatic rings. The predicted octanol–water partition coefficient (Wildman–Crippen LogP) is 6.72. The fraction of sp³-hybridized carbons (Fsp3) is 0.129. The zero-order chi connectivity index (χ0) is 27.2. The second-order valence-electron chi connectivity index (χ2n) is 8.45. The number of carbonyl (C=O) groups is 2. The molecule has 7 heteroatoms. The van der Waals surface area contributed by atoms with Crippen molar-refractivity contribution < 1.29 is 14.4 Å². The average molecular weight is 526 g/mol. The Bertz CT molecular complexity index is 1270. The second kappa shape index (κ2) is 14.9. The first kappa shape index (κ1) is 28.1. The van der Waals surface area contributed by atoms with E-state index in [1.165, 1.54) is 4.90 Å². The first-order valence-corrected chi connectivity index (χ1v) is 12.4. The van der Waals surface area contributed by atoms with Gasteiger partial charge in [-0.3, -0.25) is 9.59 Å². The Balaban J connectivity index is 0.00000127. The highest BCUT2D eigenvalue weighted by atomic mass is 35.5. The number of carbonyl (C=O) groups excluding carboxylic acids is 3. The van der Waals surface area contributed by atoms with Gasteiger partial charge in [-0.05, 0) is 33.9 Å². The van der Waals surface area contributed by atoms with Gasteiger partial charge in [0.05, 0.1) is 0 Å². The molecule has 4 rings (SSSR count). The van der Waals surface area contributed by atoms with Crippen LogP contribution in [-0.2, 0) is 29.2 Å². The van der Waals surface area contributed by atoms with Crippen LogP contribution in [0, 0.1) is 5.41 Å². The quantitative estimate of drug-likeness (QED) is 0.114. The van der Waals surface area contributed by atoms with Crippen LogP contribution < -0.4 is 0 Å². The first-order chi connectivity index (χ1) is 18.5. The molecular formula is C31H28ClN3O3. The van der Waals surface area contributed by atoms with Gasteiger partial charge in [0.1, 0.15) is 6.04 Å². The van der Waals surface area contributed by atoms with Crippen molar-refractivity contribution in [3.8, 4) is 0 Å². The average Bonchev–Trinajstić information content (AvgIpc) is 2.95. The Morgan fingerprint density at radius 1 is 0.658 bits per heavy atom. The summed E-state index contributed by atoms with van der Waals surface area (Å²) in [6, 6.07) is 37.8. The number of benzene rings is 4. The first-order valence-electron chi connectivity index (χ1n) is 12.0. The fourth-order valence-electron chi connectivity index (χ4n) is 4.12. The van der Waals surface area contributed by atoms with Gasteiger partial charge >= 0.3 is 5.37 Å². The molecule has 0 saturated carbocycles. The Labute approximate surface area is 227 Å². The fourth-order valence-corrected chi connectivity index (χ4v) is 4.28. The zero-order valence-electron chi connectivity index (χ0n) is 20.7. The topological polar surface area (TPSA) is 81.5 Å². The van der Waals surface area contributed by atoms with E-state index in [2.05, 4.69) is 0 Å². The molecule has 6 nitrogen and oxygen atoms in total. The van der Waals surface area contributed by atoms with Gasteiger partial charge in [-0.1, -0.05) is 121 Å². The highest BCUT2D eigenvalue weighted by molar-refractivity contribution is 6.62. The minimum atomic E-state index is -0.867. The summed E-state index contributed by atoms with van der Waals surface area (Å²) >= 11 is 6.12. The maximum atomic E-state index is 14.3. The summed E-state index contributed by atoms with van der Waals surface area (Å²) < 4.78 is 0. The van der Waals surface area contributed by atoms with Crippen LogP contribution in [0.15, 0.2) is 121 Å². The van der Waals surface area contributed by atoms with Crippen molar-refractivity contribution in [3.63, 3.8) is 0 Å². The normalized spacial score (nSPS) is 10.8. The second-order valence-corrected chi connectivity index (χ2v) is 8.77. The predicted molar refractivity (Wildman–Crippen MR) is 148 cm³/mol. The summed E-state index contributed by atoms with van der Waals surface area (Å²) in [4.78, 5) is 38.6. The van der Waals surface area contributed by atoms with Crippen LogP contribution in [0.3, 0.4) is 0 Å². The van der Waals surface area contributed by atoms with E-state index in [0.29, 0.717) is 18.7 Å². The van der Waals surface area contributed by atoms with Crippen LogP contribution in [0.25, 0.3) is 0 Å². The van der Waals surface area contributed by atoms with Gasteiger partial charge in [-0.15, -0.1) is 0 Å². The third-order valence-electron chi connectivity index (χ3n) is 5.83. The number of isocyanates is 1. The highest BCUT2D eigenvalue weighted by Crippen LogP contribution is 2.28. The van der Waals surface area contributed by atoms with E-state index in [-0.39, 0.29) is 12.5 Å². The van der Waals surface area contributed by atoms with Crippen molar-refractivity contribution >= 4 is 29.0 Å². The van der Waals surface area contributed by atoms with Crippen LogP contribution in [0.5, 0.6) is 0 Å². The number of rotatable bonds is 9. The Kier molecular flexibility index (Phi) is 11.0. The van der Waals surface area contributed by atoms with E-state index in [1.807, 2.05) is 121 Å². The van der Waals surface area contributed by atoms with E-state index in [9.17, 15) is 9.59 Å². The summed E-state index contributed by atoms with van der Waals surface area (Å²) in [6.07, 6.45) is 0.750. The summed E-state index contributed by atoms with van der Waals surface area (Å²) in [5, 5.41) is 4.73. The van der Waals surface area contributed by atoms with Crippen molar-refractivity contribution in [1.29, 1.82) is 5.41 Å². The standard InChI is InChI=1S/C30H27ClN2O2.CHNO/c31-30(35)33(23-26-17-9-3-10-18-26)28(27-19-11-4-12-20-27)29(34)32(21-24-13-5-1-6-14-24)22-25-15-7-2-8-16-25;2-1-3/h1-20,28H,21-23H2;2H. The van der Waals surface area contributed by atoms with Crippen LogP contribution in [0.2, 0.25) is 0 Å². The molecule has 0 bridgehead atoms. The van der Waals surface area contributed by atoms with Crippen LogP contribution in [0.1, 0.15) is 28.3 Å². The molecule has 0 heterocycles. The van der Waals surface area contributed by atoms with E-state index in [0.717, 1.165) is 22.8 Å². The molecule has 0 aliphatic heterocycles. The zero-order valence-corrected chi connectivity index (χ0v) is 21.5. The van der Waals surface area contributed by atoms with Gasteiger partial charge < -0.3 is 9.80 Å². The van der Waals surface area contributed by atoms with Gasteiger partial charge in [-0.25, -0.2) is 10.2 Å². The molecule has 0 radical (unpaired) electrons. The lowest BCUT2D eigenvalue weighted by atomic mass is 10.0. The molecular weight excluding hydrogens is 498 g/mol. The lowest BCUT2D eigenvalue weighted by molar-refractivity contribution is -0.137. The number of nitrogens with zero attached hydrogens (tertiary/aromatic N) is 2. The number of hydrogen-bond donors (Lipinski definition) is 1. The monoisotopic (exact) mass is 525 g/mol. The SMILES string of the molecule is N=C=O.O=C(C(c1ccccc1)N(Cc1ccccc1)C(=O)Cl)N(Cc1ccccc1)Cc1ccccc1. The molecule has 1 atom stereocenters. The van der Waals surface area contributed by atoms with Gasteiger partial charge in [0.2, 0.25) is 6.08 Å². The summed E-state index contributed by atoms with van der Waals surface area (Å²) in [5.74, 6) is -0.186. The Morgan fingerprint density at radius 2 is 1.00 bits per heavy atom. The molecule has 1 N–H and O–H groups in total. The summed E-state index contributed by atoms with van der Waals surface area (Å²) in [7, 11) is 0. The third-order valence-corrected chi connectivity index (χ3v) is 6.04. The lowest BCUT2D eigenvalue weighted by Crippen LogP contribution is -2.43. The summed E-state index contributed by atoms with van der Waals surface area (Å²) in [5.41, 5.74) is 3.63. The van der Waals surface area contributed by atoms with Crippen molar-refractivity contribution in [2.45, 2.75) is 25.7 Å². The maximum absolute atomic E-state index is 14.3. The van der Waals surface area contributed by atoms with Crippen LogP contribution >= 0.6 is 11.6 Å². The van der Waals surface area contributed by atoms with Gasteiger partial charge in [0, 0.05) is 19.6 Å². The molecule has 0 fully saturated rings. The lowest BCUT2D eigenvalue weighted by Gasteiger charge is -2.34.